The first-order chi connectivity index (χ1) is 8.95. The van der Waals surface area contributed by atoms with Gasteiger partial charge in [0, 0.05) is 17.1 Å². The molecule has 0 amide bonds. The third-order valence-electron chi connectivity index (χ3n) is 2.36. The SMILES string of the molecule is O=C(Cc1cc(F)cc(Br)c1)c1ncc(Cl)cc1Cl. The standard InChI is InChI=1S/C13H7BrCl2FNO/c14-8-1-7(2-10(17)4-8)3-12(19)13-11(16)5-9(15)6-18-13/h1-2,4-6H,3H2. The topological polar surface area (TPSA) is 30.0 Å². The lowest BCUT2D eigenvalue weighted by Gasteiger charge is -2.04. The zero-order valence-corrected chi connectivity index (χ0v) is 12.6. The van der Waals surface area contributed by atoms with Crippen molar-refractivity contribution >= 4 is 44.9 Å². The van der Waals surface area contributed by atoms with Gasteiger partial charge in [-0.3, -0.25) is 4.79 Å². The van der Waals surface area contributed by atoms with Crippen LogP contribution in [0.3, 0.4) is 0 Å². The van der Waals surface area contributed by atoms with Gasteiger partial charge >= 0.3 is 0 Å². The number of halogens is 4. The van der Waals surface area contributed by atoms with Crippen molar-refractivity contribution in [3.05, 3.63) is 62.1 Å². The van der Waals surface area contributed by atoms with Crippen LogP contribution in [0.4, 0.5) is 4.39 Å². The first kappa shape index (κ1) is 14.4. The number of ketones is 1. The first-order valence-corrected chi connectivity index (χ1v) is 6.80. The Bertz CT molecular complexity index is 628. The van der Waals surface area contributed by atoms with Gasteiger partial charge in [0.25, 0.3) is 0 Å². The van der Waals surface area contributed by atoms with Gasteiger partial charge in [-0.2, -0.15) is 0 Å². The minimum atomic E-state index is -0.410. The largest absolute Gasteiger partial charge is 0.292 e. The molecule has 6 heteroatoms. The van der Waals surface area contributed by atoms with Crippen molar-refractivity contribution in [3.63, 3.8) is 0 Å². The molecule has 98 valence electrons. The van der Waals surface area contributed by atoms with E-state index in [9.17, 15) is 9.18 Å². The number of benzene rings is 1. The fourth-order valence-corrected chi connectivity index (χ4v) is 2.60. The van der Waals surface area contributed by atoms with Crippen LogP contribution in [0, 0.1) is 5.82 Å². The molecule has 0 N–H and O–H groups in total. The van der Waals surface area contributed by atoms with Crippen LogP contribution >= 0.6 is 39.1 Å². The van der Waals surface area contributed by atoms with E-state index in [4.69, 9.17) is 23.2 Å². The van der Waals surface area contributed by atoms with E-state index in [2.05, 4.69) is 20.9 Å². The number of nitrogens with zero attached hydrogens (tertiary/aromatic N) is 1. The number of rotatable bonds is 3. The highest BCUT2D eigenvalue weighted by atomic mass is 79.9. The van der Waals surface area contributed by atoms with E-state index in [0.717, 1.165) is 0 Å². The summed E-state index contributed by atoms with van der Waals surface area (Å²) in [6, 6.07) is 5.74. The molecule has 0 fully saturated rings. The van der Waals surface area contributed by atoms with Gasteiger partial charge in [-0.05, 0) is 29.8 Å². The maximum absolute atomic E-state index is 13.2. The average Bonchev–Trinajstić information content (AvgIpc) is 2.26. The molecule has 0 saturated heterocycles. The van der Waals surface area contributed by atoms with Gasteiger partial charge in [0.05, 0.1) is 10.0 Å². The van der Waals surface area contributed by atoms with Gasteiger partial charge in [0.1, 0.15) is 11.5 Å². The normalized spacial score (nSPS) is 10.5. The molecule has 0 bridgehead atoms. The Hall–Kier alpha value is -0.970. The molecule has 0 aliphatic heterocycles. The van der Waals surface area contributed by atoms with Crippen molar-refractivity contribution in [2.75, 3.05) is 0 Å². The van der Waals surface area contributed by atoms with E-state index in [0.29, 0.717) is 15.1 Å². The van der Waals surface area contributed by atoms with E-state index in [-0.39, 0.29) is 22.9 Å². The lowest BCUT2D eigenvalue weighted by molar-refractivity contribution is 0.0988. The summed E-state index contributed by atoms with van der Waals surface area (Å²) in [5.74, 6) is -0.702. The Morgan fingerprint density at radius 2 is 2.00 bits per heavy atom. The van der Waals surface area contributed by atoms with Gasteiger partial charge in [-0.1, -0.05) is 39.1 Å². The molecule has 2 rings (SSSR count). The lowest BCUT2D eigenvalue weighted by atomic mass is 10.1. The predicted octanol–water partition coefficient (Wildman–Crippen LogP) is 4.72. The summed E-state index contributed by atoms with van der Waals surface area (Å²) in [4.78, 5) is 15.9. The number of hydrogen-bond donors (Lipinski definition) is 0. The molecule has 0 aliphatic rings. The number of hydrogen-bond acceptors (Lipinski definition) is 2. The first-order valence-electron chi connectivity index (χ1n) is 5.25. The Labute approximate surface area is 127 Å². The summed E-state index contributed by atoms with van der Waals surface area (Å²) in [5.41, 5.74) is 0.677. The summed E-state index contributed by atoms with van der Waals surface area (Å²) in [6.45, 7) is 0. The summed E-state index contributed by atoms with van der Waals surface area (Å²) in [6.07, 6.45) is 1.37. The molecule has 0 aliphatic carbocycles. The quantitative estimate of drug-likeness (QED) is 0.739. The minimum absolute atomic E-state index is 0.0186. The average molecular weight is 363 g/mol. The van der Waals surface area contributed by atoms with Crippen LogP contribution in [-0.2, 0) is 6.42 Å². The molecule has 1 heterocycles. The Morgan fingerprint density at radius 3 is 2.63 bits per heavy atom. The number of carbonyl (C=O) groups excluding carboxylic acids is 1. The third-order valence-corrected chi connectivity index (χ3v) is 3.31. The summed E-state index contributed by atoms with van der Waals surface area (Å²) in [7, 11) is 0. The number of carbonyl (C=O) groups is 1. The summed E-state index contributed by atoms with van der Waals surface area (Å²) in [5, 5.41) is 0.544. The van der Waals surface area contributed by atoms with Crippen LogP contribution in [0.1, 0.15) is 16.1 Å². The molecule has 19 heavy (non-hydrogen) atoms. The molecule has 2 aromatic rings. The highest BCUT2D eigenvalue weighted by molar-refractivity contribution is 9.10. The van der Waals surface area contributed by atoms with Gasteiger partial charge in [-0.25, -0.2) is 9.37 Å². The van der Waals surface area contributed by atoms with Crippen LogP contribution in [-0.4, -0.2) is 10.8 Å². The molecule has 1 aromatic heterocycles. The van der Waals surface area contributed by atoms with Crippen LogP contribution in [0.5, 0.6) is 0 Å². The van der Waals surface area contributed by atoms with Crippen molar-refractivity contribution < 1.29 is 9.18 Å². The van der Waals surface area contributed by atoms with Gasteiger partial charge in [0.2, 0.25) is 0 Å². The fourth-order valence-electron chi connectivity index (χ4n) is 1.60. The molecular weight excluding hydrogens is 356 g/mol. The molecular formula is C13H7BrCl2FNO. The monoisotopic (exact) mass is 361 g/mol. The summed E-state index contributed by atoms with van der Waals surface area (Å²) >= 11 is 14.8. The fraction of sp³-hybridized carbons (Fsp3) is 0.0769. The smallest absolute Gasteiger partial charge is 0.187 e. The maximum atomic E-state index is 13.2. The molecule has 1 aromatic carbocycles. The van der Waals surface area contributed by atoms with E-state index in [1.165, 1.54) is 24.4 Å². The highest BCUT2D eigenvalue weighted by Gasteiger charge is 2.14. The summed E-state index contributed by atoms with van der Waals surface area (Å²) < 4.78 is 13.8. The highest BCUT2D eigenvalue weighted by Crippen LogP contribution is 2.21. The Balaban J connectivity index is 2.25. The minimum Gasteiger partial charge on any atom is -0.292 e. The lowest BCUT2D eigenvalue weighted by Crippen LogP contribution is -2.07. The molecule has 0 spiro atoms. The second-order valence-corrected chi connectivity index (χ2v) is 5.62. The molecule has 2 nitrogen and oxygen atoms in total. The van der Waals surface area contributed by atoms with Gasteiger partial charge in [-0.15, -0.1) is 0 Å². The van der Waals surface area contributed by atoms with Crippen molar-refractivity contribution in [2.24, 2.45) is 0 Å². The van der Waals surface area contributed by atoms with Crippen LogP contribution in [0.25, 0.3) is 0 Å². The molecule has 0 atom stereocenters. The van der Waals surface area contributed by atoms with Gasteiger partial charge in [0.15, 0.2) is 5.78 Å². The predicted molar refractivity (Wildman–Crippen MR) is 76.4 cm³/mol. The second kappa shape index (κ2) is 5.99. The van der Waals surface area contributed by atoms with Crippen molar-refractivity contribution in [2.45, 2.75) is 6.42 Å². The molecule has 0 saturated carbocycles. The molecule has 0 unspecified atom stereocenters. The zero-order valence-electron chi connectivity index (χ0n) is 9.46. The number of aromatic nitrogens is 1. The zero-order chi connectivity index (χ0) is 14.0. The van der Waals surface area contributed by atoms with E-state index < -0.39 is 5.82 Å². The van der Waals surface area contributed by atoms with Crippen LogP contribution in [0.15, 0.2) is 34.9 Å². The van der Waals surface area contributed by atoms with Crippen molar-refractivity contribution in [1.29, 1.82) is 0 Å². The van der Waals surface area contributed by atoms with Crippen molar-refractivity contribution in [1.82, 2.24) is 4.98 Å². The van der Waals surface area contributed by atoms with E-state index >= 15 is 0 Å². The van der Waals surface area contributed by atoms with Crippen LogP contribution in [0.2, 0.25) is 10.0 Å². The third kappa shape index (κ3) is 3.75. The second-order valence-electron chi connectivity index (χ2n) is 3.86. The van der Waals surface area contributed by atoms with E-state index in [1.807, 2.05) is 0 Å². The van der Waals surface area contributed by atoms with E-state index in [1.54, 1.807) is 6.07 Å². The van der Waals surface area contributed by atoms with Crippen molar-refractivity contribution in [3.8, 4) is 0 Å². The maximum Gasteiger partial charge on any atom is 0.187 e. The molecule has 0 radical (unpaired) electrons. The van der Waals surface area contributed by atoms with Gasteiger partial charge < -0.3 is 0 Å². The number of pyridine rings is 1. The number of Topliss-reactive ketones (excluding diaryl/α,β-unsaturated/α-hetero) is 1. The van der Waals surface area contributed by atoms with Crippen LogP contribution < -0.4 is 0 Å². The Morgan fingerprint density at radius 1 is 1.26 bits per heavy atom. The Kier molecular flexibility index (Phi) is 4.55.